The highest BCUT2D eigenvalue weighted by Crippen LogP contribution is 2.36. The van der Waals surface area contributed by atoms with Gasteiger partial charge in [-0.05, 0) is 26.0 Å². The minimum absolute atomic E-state index is 0.0885. The van der Waals surface area contributed by atoms with E-state index in [4.69, 9.17) is 0 Å². The summed E-state index contributed by atoms with van der Waals surface area (Å²) in [6.45, 7) is 7.17. The highest BCUT2D eigenvalue weighted by atomic mass is 16.1. The van der Waals surface area contributed by atoms with Crippen molar-refractivity contribution in [3.8, 4) is 11.3 Å². The van der Waals surface area contributed by atoms with Crippen molar-refractivity contribution in [1.82, 2.24) is 10.3 Å². The summed E-state index contributed by atoms with van der Waals surface area (Å²) in [5.74, 6) is 0.840. The molecule has 118 valence electrons. The van der Waals surface area contributed by atoms with E-state index < -0.39 is 0 Å². The first-order valence-electron chi connectivity index (χ1n) is 8.12. The normalized spacial score (nSPS) is 25.8. The molecule has 4 heteroatoms. The molecule has 3 heterocycles. The highest BCUT2D eigenvalue weighted by molar-refractivity contribution is 5.94. The van der Waals surface area contributed by atoms with Crippen LogP contribution in [0.4, 0.5) is 5.69 Å². The maximum atomic E-state index is 11.3. The first-order valence-corrected chi connectivity index (χ1v) is 8.12. The van der Waals surface area contributed by atoms with Gasteiger partial charge in [-0.15, -0.1) is 0 Å². The van der Waals surface area contributed by atoms with Gasteiger partial charge in [0.2, 0.25) is 0 Å². The molecule has 0 amide bonds. The van der Waals surface area contributed by atoms with E-state index in [1.165, 1.54) is 5.69 Å². The zero-order valence-electron chi connectivity index (χ0n) is 13.5. The monoisotopic (exact) mass is 307 g/mol. The Bertz CT molecular complexity index is 738. The van der Waals surface area contributed by atoms with Gasteiger partial charge in [0.15, 0.2) is 5.78 Å². The number of fused-ring (bicyclic) bond motifs is 1. The minimum Gasteiger partial charge on any atom is -0.368 e. The van der Waals surface area contributed by atoms with Crippen molar-refractivity contribution in [3.63, 3.8) is 0 Å². The molecule has 1 N–H and O–H groups in total. The molecule has 0 saturated carbocycles. The lowest BCUT2D eigenvalue weighted by molar-refractivity contribution is 0.101. The Hall–Kier alpha value is -2.20. The molecular formula is C19H21N3O. The van der Waals surface area contributed by atoms with E-state index in [-0.39, 0.29) is 11.3 Å². The number of carbonyl (C=O) groups is 1. The van der Waals surface area contributed by atoms with Crippen LogP contribution in [-0.2, 0) is 0 Å². The van der Waals surface area contributed by atoms with Crippen LogP contribution >= 0.6 is 0 Å². The summed E-state index contributed by atoms with van der Waals surface area (Å²) in [7, 11) is 0. The number of Topliss-reactive ketones (excluding diaryl/α,β-unsaturated/α-hetero) is 1. The van der Waals surface area contributed by atoms with Crippen LogP contribution in [0.15, 0.2) is 42.6 Å². The number of rotatable bonds is 3. The Morgan fingerprint density at radius 3 is 2.52 bits per heavy atom. The molecule has 0 bridgehead atoms. The third-order valence-corrected chi connectivity index (χ3v) is 5.31. The molecule has 2 aliphatic rings. The van der Waals surface area contributed by atoms with Gasteiger partial charge in [0.1, 0.15) is 0 Å². The van der Waals surface area contributed by atoms with Crippen molar-refractivity contribution < 1.29 is 4.79 Å². The van der Waals surface area contributed by atoms with Crippen molar-refractivity contribution in [3.05, 3.63) is 48.2 Å². The smallest absolute Gasteiger partial charge is 0.159 e. The van der Waals surface area contributed by atoms with E-state index in [0.717, 1.165) is 42.4 Å². The fraction of sp³-hybridized carbons (Fsp3) is 0.368. The van der Waals surface area contributed by atoms with Gasteiger partial charge in [-0.25, -0.2) is 0 Å². The number of nitrogens with zero attached hydrogens (tertiary/aromatic N) is 2. The van der Waals surface area contributed by atoms with E-state index in [1.54, 1.807) is 6.92 Å². The van der Waals surface area contributed by atoms with Crippen molar-refractivity contribution in [2.24, 2.45) is 5.92 Å². The number of nitrogens with one attached hydrogen (secondary N) is 1. The summed E-state index contributed by atoms with van der Waals surface area (Å²) in [6, 6.07) is 11.8. The number of carbonyl (C=O) groups excluding carboxylic acids is 1. The van der Waals surface area contributed by atoms with Crippen LogP contribution in [0.1, 0.15) is 24.2 Å². The molecule has 4 nitrogen and oxygen atoms in total. The molecule has 0 spiro atoms. The number of benzene rings is 1. The molecule has 2 atom stereocenters. The van der Waals surface area contributed by atoms with Gasteiger partial charge in [0.05, 0.1) is 17.6 Å². The molecule has 2 fully saturated rings. The standard InChI is InChI=1S/C19H21N3O/c1-13(23)14-3-5-15(6-4-14)18-8-7-17(10-20-18)22-11-16-9-21-19(16,2)12-22/h3-8,10,16,21H,9,11-12H2,1-2H3/t16-,19+/m1/s1. The predicted molar refractivity (Wildman–Crippen MR) is 91.8 cm³/mol. The van der Waals surface area contributed by atoms with Crippen LogP contribution < -0.4 is 10.2 Å². The third-order valence-electron chi connectivity index (χ3n) is 5.31. The van der Waals surface area contributed by atoms with Gasteiger partial charge in [0, 0.05) is 42.2 Å². The summed E-state index contributed by atoms with van der Waals surface area (Å²) in [6.07, 6.45) is 1.96. The largest absolute Gasteiger partial charge is 0.368 e. The molecular weight excluding hydrogens is 286 g/mol. The quantitative estimate of drug-likeness (QED) is 0.886. The van der Waals surface area contributed by atoms with Gasteiger partial charge in [-0.2, -0.15) is 0 Å². The molecule has 1 aromatic carbocycles. The third kappa shape index (κ3) is 2.43. The predicted octanol–water partition coefficient (Wildman–Crippen LogP) is 2.75. The topological polar surface area (TPSA) is 45.2 Å². The van der Waals surface area contributed by atoms with Crippen molar-refractivity contribution >= 4 is 11.5 Å². The Kier molecular flexibility index (Phi) is 3.23. The molecule has 0 radical (unpaired) electrons. The van der Waals surface area contributed by atoms with Crippen molar-refractivity contribution in [2.45, 2.75) is 19.4 Å². The van der Waals surface area contributed by atoms with Gasteiger partial charge < -0.3 is 10.2 Å². The first kappa shape index (κ1) is 14.4. The van der Waals surface area contributed by atoms with Crippen LogP contribution in [0.3, 0.4) is 0 Å². The maximum absolute atomic E-state index is 11.3. The number of hydrogen-bond donors (Lipinski definition) is 1. The number of anilines is 1. The van der Waals surface area contributed by atoms with E-state index in [9.17, 15) is 4.79 Å². The first-order chi connectivity index (χ1) is 11.0. The molecule has 2 aliphatic heterocycles. The molecule has 1 aromatic heterocycles. The lowest BCUT2D eigenvalue weighted by atomic mass is 9.81. The second-order valence-electron chi connectivity index (χ2n) is 6.91. The van der Waals surface area contributed by atoms with Crippen molar-refractivity contribution in [2.75, 3.05) is 24.5 Å². The van der Waals surface area contributed by atoms with Crippen LogP contribution in [0.25, 0.3) is 11.3 Å². The Balaban J connectivity index is 1.53. The number of aromatic nitrogens is 1. The van der Waals surface area contributed by atoms with Crippen LogP contribution in [0.5, 0.6) is 0 Å². The summed E-state index contributed by atoms with van der Waals surface area (Å²) >= 11 is 0. The number of hydrogen-bond acceptors (Lipinski definition) is 4. The molecule has 23 heavy (non-hydrogen) atoms. The van der Waals surface area contributed by atoms with Gasteiger partial charge in [0.25, 0.3) is 0 Å². The average Bonchev–Trinajstić information content (AvgIpc) is 2.79. The Morgan fingerprint density at radius 2 is 2.04 bits per heavy atom. The van der Waals surface area contributed by atoms with E-state index in [2.05, 4.69) is 34.3 Å². The van der Waals surface area contributed by atoms with Crippen LogP contribution in [-0.4, -0.2) is 35.9 Å². The maximum Gasteiger partial charge on any atom is 0.159 e. The van der Waals surface area contributed by atoms with Gasteiger partial charge in [-0.1, -0.05) is 24.3 Å². The van der Waals surface area contributed by atoms with Crippen LogP contribution in [0.2, 0.25) is 0 Å². The van der Waals surface area contributed by atoms with Crippen LogP contribution in [0, 0.1) is 5.92 Å². The molecule has 0 aliphatic carbocycles. The summed E-state index contributed by atoms with van der Waals surface area (Å²) in [4.78, 5) is 18.4. The van der Waals surface area contributed by atoms with E-state index >= 15 is 0 Å². The fourth-order valence-corrected chi connectivity index (χ4v) is 3.59. The Labute approximate surface area is 136 Å². The zero-order valence-corrected chi connectivity index (χ0v) is 13.5. The number of ketones is 1. The van der Waals surface area contributed by atoms with Crippen molar-refractivity contribution in [1.29, 1.82) is 0 Å². The molecule has 4 rings (SSSR count). The molecule has 2 saturated heterocycles. The second kappa shape index (κ2) is 5.17. The lowest BCUT2D eigenvalue weighted by Gasteiger charge is -2.42. The summed E-state index contributed by atoms with van der Waals surface area (Å²) < 4.78 is 0. The number of pyridine rings is 1. The molecule has 2 aromatic rings. The molecule has 0 unspecified atom stereocenters. The lowest BCUT2D eigenvalue weighted by Crippen LogP contribution is -2.62. The Morgan fingerprint density at radius 1 is 1.26 bits per heavy atom. The highest BCUT2D eigenvalue weighted by Gasteiger charge is 2.49. The average molecular weight is 307 g/mol. The van der Waals surface area contributed by atoms with E-state index in [0.29, 0.717) is 0 Å². The van der Waals surface area contributed by atoms with Gasteiger partial charge >= 0.3 is 0 Å². The summed E-state index contributed by atoms with van der Waals surface area (Å²) in [5, 5.41) is 3.55. The van der Waals surface area contributed by atoms with Gasteiger partial charge in [-0.3, -0.25) is 9.78 Å². The summed E-state index contributed by atoms with van der Waals surface area (Å²) in [5.41, 5.74) is 4.18. The van der Waals surface area contributed by atoms with E-state index in [1.807, 2.05) is 30.5 Å². The SMILES string of the molecule is CC(=O)c1ccc(-c2ccc(N3C[C@H]4CN[C@@]4(C)C3)cn2)cc1. The zero-order chi connectivity index (χ0) is 16.0. The fourth-order valence-electron chi connectivity index (χ4n) is 3.59. The second-order valence-corrected chi connectivity index (χ2v) is 6.91. The minimum atomic E-state index is 0.0885.